The fourth-order valence-electron chi connectivity index (χ4n) is 4.31. The fourth-order valence-corrected chi connectivity index (χ4v) is 4.31. The van der Waals surface area contributed by atoms with Gasteiger partial charge in [-0.15, -0.1) is 0 Å². The molecule has 0 spiro atoms. The average Bonchev–Trinajstić information content (AvgIpc) is 3.07. The summed E-state index contributed by atoms with van der Waals surface area (Å²) in [6, 6.07) is 10.3. The third-order valence-corrected chi connectivity index (χ3v) is 5.87. The van der Waals surface area contributed by atoms with Crippen LogP contribution in [0.4, 0.5) is 0 Å². The molecule has 2 aliphatic heterocycles. The van der Waals surface area contributed by atoms with Crippen LogP contribution in [-0.2, 0) is 16.1 Å². The first kappa shape index (κ1) is 19.9. The van der Waals surface area contributed by atoms with E-state index in [9.17, 15) is 9.59 Å². The molecular weight excluding hydrogens is 338 g/mol. The van der Waals surface area contributed by atoms with Crippen molar-refractivity contribution in [3.05, 3.63) is 35.9 Å². The fraction of sp³-hybridized carbons (Fsp3) is 0.636. The van der Waals surface area contributed by atoms with E-state index in [1.807, 2.05) is 13.8 Å². The summed E-state index contributed by atoms with van der Waals surface area (Å²) in [7, 11) is 0. The van der Waals surface area contributed by atoms with E-state index in [1.54, 1.807) is 4.90 Å². The van der Waals surface area contributed by atoms with E-state index in [4.69, 9.17) is 0 Å². The molecule has 5 nitrogen and oxygen atoms in total. The number of nitrogens with zero attached hydrogens (tertiary/aromatic N) is 2. The summed E-state index contributed by atoms with van der Waals surface area (Å²) in [5, 5.41) is 3.14. The third kappa shape index (κ3) is 5.32. The van der Waals surface area contributed by atoms with Gasteiger partial charge in [0.1, 0.15) is 6.04 Å². The first-order chi connectivity index (χ1) is 13.0. The minimum atomic E-state index is -0.321. The number of hydrogen-bond acceptors (Lipinski definition) is 3. The van der Waals surface area contributed by atoms with Gasteiger partial charge in [-0.3, -0.25) is 14.5 Å². The molecule has 3 rings (SSSR count). The summed E-state index contributed by atoms with van der Waals surface area (Å²) in [6.45, 7) is 8.65. The quantitative estimate of drug-likeness (QED) is 0.802. The van der Waals surface area contributed by atoms with Crippen LogP contribution < -0.4 is 5.32 Å². The summed E-state index contributed by atoms with van der Waals surface area (Å²) in [4.78, 5) is 29.1. The second-order valence-corrected chi connectivity index (χ2v) is 8.33. The van der Waals surface area contributed by atoms with Crippen LogP contribution in [0.3, 0.4) is 0 Å². The van der Waals surface area contributed by atoms with Gasteiger partial charge in [0.2, 0.25) is 11.8 Å². The van der Waals surface area contributed by atoms with Crippen molar-refractivity contribution in [3.63, 3.8) is 0 Å². The Kier molecular flexibility index (Phi) is 6.89. The lowest BCUT2D eigenvalue weighted by atomic mass is 9.95. The lowest BCUT2D eigenvalue weighted by Crippen LogP contribution is -2.51. The van der Waals surface area contributed by atoms with Crippen molar-refractivity contribution in [2.75, 3.05) is 26.2 Å². The largest absolute Gasteiger partial charge is 0.354 e. The maximum atomic E-state index is 12.8. The summed E-state index contributed by atoms with van der Waals surface area (Å²) < 4.78 is 0. The first-order valence-electron chi connectivity index (χ1n) is 10.4. The van der Waals surface area contributed by atoms with Crippen LogP contribution in [0, 0.1) is 11.8 Å². The van der Waals surface area contributed by atoms with Gasteiger partial charge >= 0.3 is 0 Å². The van der Waals surface area contributed by atoms with Gasteiger partial charge < -0.3 is 10.2 Å². The van der Waals surface area contributed by atoms with Crippen LogP contribution in [0.1, 0.15) is 45.1 Å². The number of rotatable bonds is 7. The zero-order valence-corrected chi connectivity index (χ0v) is 16.7. The van der Waals surface area contributed by atoms with Crippen LogP contribution in [0.25, 0.3) is 0 Å². The number of carbonyl (C=O) groups is 2. The lowest BCUT2D eigenvalue weighted by molar-refractivity contribution is -0.139. The van der Waals surface area contributed by atoms with Crippen molar-refractivity contribution in [1.82, 2.24) is 15.1 Å². The second-order valence-electron chi connectivity index (χ2n) is 8.33. The number of likely N-dealkylation sites (tertiary alicyclic amines) is 2. The molecule has 0 aromatic heterocycles. The molecule has 1 unspecified atom stereocenters. The van der Waals surface area contributed by atoms with E-state index in [0.29, 0.717) is 18.9 Å². The Labute approximate surface area is 163 Å². The number of carbonyl (C=O) groups excluding carboxylic acids is 2. The number of amides is 2. The minimum Gasteiger partial charge on any atom is -0.354 e. The van der Waals surface area contributed by atoms with Gasteiger partial charge in [-0.2, -0.15) is 0 Å². The number of piperidine rings is 1. The Morgan fingerprint density at radius 3 is 2.44 bits per heavy atom. The van der Waals surface area contributed by atoms with Gasteiger partial charge in [0.05, 0.1) is 0 Å². The van der Waals surface area contributed by atoms with Crippen LogP contribution in [0.5, 0.6) is 0 Å². The van der Waals surface area contributed by atoms with E-state index < -0.39 is 0 Å². The van der Waals surface area contributed by atoms with E-state index >= 15 is 0 Å². The smallest absolute Gasteiger partial charge is 0.243 e. The highest BCUT2D eigenvalue weighted by Gasteiger charge is 2.35. The molecule has 1 N–H and O–H groups in total. The van der Waals surface area contributed by atoms with Gasteiger partial charge in [-0.1, -0.05) is 44.2 Å². The molecule has 0 radical (unpaired) electrons. The standard InChI is InChI=1S/C22H33N3O2/c1-17(2)21(25-12-6-9-20(25)26)22(27)23-15-18-10-13-24(14-11-18)16-19-7-4-3-5-8-19/h3-5,7-8,17-18,21H,6,9-16H2,1-2H3,(H,23,27). The second kappa shape index (κ2) is 9.36. The van der Waals surface area contributed by atoms with E-state index in [2.05, 4.69) is 40.5 Å². The summed E-state index contributed by atoms with van der Waals surface area (Å²) in [6.07, 6.45) is 3.68. The van der Waals surface area contributed by atoms with Crippen LogP contribution in [0.15, 0.2) is 30.3 Å². The topological polar surface area (TPSA) is 52.7 Å². The van der Waals surface area contributed by atoms with E-state index in [-0.39, 0.29) is 23.8 Å². The van der Waals surface area contributed by atoms with Crippen molar-refractivity contribution in [1.29, 1.82) is 0 Å². The molecule has 1 atom stereocenters. The molecule has 148 valence electrons. The summed E-state index contributed by atoms with van der Waals surface area (Å²) >= 11 is 0. The van der Waals surface area contributed by atoms with Crippen LogP contribution >= 0.6 is 0 Å². The van der Waals surface area contributed by atoms with Crippen molar-refractivity contribution >= 4 is 11.8 Å². The molecular formula is C22H33N3O2. The Morgan fingerprint density at radius 1 is 1.15 bits per heavy atom. The molecule has 0 aliphatic carbocycles. The Balaban J connectivity index is 1.43. The molecule has 2 heterocycles. The normalized spacial score (nSPS) is 20.3. The predicted octanol–water partition coefficient (Wildman–Crippen LogP) is 2.66. The molecule has 2 amide bonds. The lowest BCUT2D eigenvalue weighted by Gasteiger charge is -2.33. The van der Waals surface area contributed by atoms with Gasteiger partial charge in [0, 0.05) is 26.1 Å². The Bertz CT molecular complexity index is 624. The predicted molar refractivity (Wildman–Crippen MR) is 107 cm³/mol. The van der Waals surface area contributed by atoms with Crippen LogP contribution in [-0.4, -0.2) is 53.8 Å². The average molecular weight is 372 g/mol. The number of nitrogens with one attached hydrogen (secondary N) is 1. The highest BCUT2D eigenvalue weighted by atomic mass is 16.2. The SMILES string of the molecule is CC(C)C(C(=O)NCC1CCN(Cc2ccccc2)CC1)N1CCCC1=O. The molecule has 0 bridgehead atoms. The van der Waals surface area contributed by atoms with Crippen molar-refractivity contribution in [3.8, 4) is 0 Å². The van der Waals surface area contributed by atoms with Crippen molar-refractivity contribution < 1.29 is 9.59 Å². The third-order valence-electron chi connectivity index (χ3n) is 5.87. The zero-order chi connectivity index (χ0) is 19.2. The first-order valence-corrected chi connectivity index (χ1v) is 10.4. The number of benzene rings is 1. The minimum absolute atomic E-state index is 0.0203. The number of hydrogen-bond donors (Lipinski definition) is 1. The van der Waals surface area contributed by atoms with Gasteiger partial charge in [0.15, 0.2) is 0 Å². The van der Waals surface area contributed by atoms with E-state index in [1.165, 1.54) is 5.56 Å². The molecule has 2 saturated heterocycles. The van der Waals surface area contributed by atoms with Crippen molar-refractivity contribution in [2.24, 2.45) is 11.8 Å². The maximum Gasteiger partial charge on any atom is 0.243 e. The Hall–Kier alpha value is -1.88. The molecule has 1 aromatic carbocycles. The summed E-state index contributed by atoms with van der Waals surface area (Å²) in [5.41, 5.74) is 1.36. The van der Waals surface area contributed by atoms with Gasteiger partial charge in [-0.05, 0) is 49.8 Å². The highest BCUT2D eigenvalue weighted by Crippen LogP contribution is 2.21. The van der Waals surface area contributed by atoms with E-state index in [0.717, 1.165) is 45.4 Å². The Morgan fingerprint density at radius 2 is 1.85 bits per heavy atom. The maximum absolute atomic E-state index is 12.8. The molecule has 1 aromatic rings. The summed E-state index contributed by atoms with van der Waals surface area (Å²) in [5.74, 6) is 0.813. The van der Waals surface area contributed by atoms with Crippen molar-refractivity contribution in [2.45, 2.75) is 52.1 Å². The molecule has 0 saturated carbocycles. The van der Waals surface area contributed by atoms with Gasteiger partial charge in [0.25, 0.3) is 0 Å². The molecule has 27 heavy (non-hydrogen) atoms. The van der Waals surface area contributed by atoms with Gasteiger partial charge in [-0.25, -0.2) is 0 Å². The molecule has 2 fully saturated rings. The molecule has 5 heteroatoms. The highest BCUT2D eigenvalue weighted by molar-refractivity contribution is 5.88. The monoisotopic (exact) mass is 371 g/mol. The molecule has 2 aliphatic rings. The zero-order valence-electron chi connectivity index (χ0n) is 16.7. The van der Waals surface area contributed by atoms with Crippen LogP contribution in [0.2, 0.25) is 0 Å².